The summed E-state index contributed by atoms with van der Waals surface area (Å²) in [6.07, 6.45) is 0.964. The number of phenolic OH excluding ortho intramolecular Hbond substituents is 1. The van der Waals surface area contributed by atoms with Crippen LogP contribution in [0, 0.1) is 0 Å². The van der Waals surface area contributed by atoms with Crippen LogP contribution in [-0.4, -0.2) is 35.0 Å². The number of carbonyl (C=O) groups is 1. The summed E-state index contributed by atoms with van der Waals surface area (Å²) in [6, 6.07) is 4.56. The van der Waals surface area contributed by atoms with Gasteiger partial charge in [-0.1, -0.05) is 53.7 Å². The van der Waals surface area contributed by atoms with E-state index in [1.165, 1.54) is 5.56 Å². The van der Waals surface area contributed by atoms with Crippen LogP contribution in [0.25, 0.3) is 0 Å². The Hall–Kier alpha value is -1.55. The zero-order valence-corrected chi connectivity index (χ0v) is 16.9. The Kier molecular flexibility index (Phi) is 5.53. The molecule has 1 fully saturated rings. The number of phenols is 1. The van der Waals surface area contributed by atoms with Crippen molar-refractivity contribution in [1.82, 2.24) is 10.2 Å². The zero-order valence-electron chi connectivity index (χ0n) is 16.9. The van der Waals surface area contributed by atoms with E-state index in [4.69, 9.17) is 0 Å². The van der Waals surface area contributed by atoms with Crippen molar-refractivity contribution in [2.75, 3.05) is 13.1 Å². The highest BCUT2D eigenvalue weighted by atomic mass is 16.3. The molecule has 1 saturated heterocycles. The van der Waals surface area contributed by atoms with Crippen molar-refractivity contribution in [2.45, 2.75) is 78.3 Å². The molecule has 4 heteroatoms. The van der Waals surface area contributed by atoms with Gasteiger partial charge in [-0.3, -0.25) is 4.79 Å². The lowest BCUT2D eigenvalue weighted by Gasteiger charge is -2.28. The average molecular weight is 347 g/mol. The molecular formula is C21H34N2O2. The first kappa shape index (κ1) is 19.8. The highest BCUT2D eigenvalue weighted by Gasteiger charge is 2.27. The van der Waals surface area contributed by atoms with Crippen molar-refractivity contribution >= 4 is 5.91 Å². The van der Waals surface area contributed by atoms with Crippen LogP contribution in [-0.2, 0) is 22.2 Å². The Labute approximate surface area is 152 Å². The molecule has 0 bridgehead atoms. The van der Waals surface area contributed by atoms with E-state index in [0.29, 0.717) is 18.3 Å². The number of amides is 1. The second-order valence-corrected chi connectivity index (χ2v) is 9.36. The molecule has 0 unspecified atom stereocenters. The molecule has 1 aromatic carbocycles. The topological polar surface area (TPSA) is 52.6 Å². The predicted octanol–water partition coefficient (Wildman–Crippen LogP) is 3.70. The van der Waals surface area contributed by atoms with Crippen molar-refractivity contribution in [2.24, 2.45) is 0 Å². The summed E-state index contributed by atoms with van der Waals surface area (Å²) in [6.45, 7) is 16.8. The van der Waals surface area contributed by atoms with Crippen LogP contribution in [0.4, 0.5) is 0 Å². The Bertz CT molecular complexity index is 639. The summed E-state index contributed by atoms with van der Waals surface area (Å²) >= 11 is 0. The quantitative estimate of drug-likeness (QED) is 0.877. The van der Waals surface area contributed by atoms with Crippen LogP contribution in [0.5, 0.6) is 5.75 Å². The molecule has 4 nitrogen and oxygen atoms in total. The lowest BCUT2D eigenvalue weighted by atomic mass is 9.79. The molecule has 1 atom stereocenters. The van der Waals surface area contributed by atoms with Crippen molar-refractivity contribution in [3.63, 3.8) is 0 Å². The first-order chi connectivity index (χ1) is 11.4. The molecule has 0 radical (unpaired) electrons. The van der Waals surface area contributed by atoms with Gasteiger partial charge < -0.3 is 15.3 Å². The summed E-state index contributed by atoms with van der Waals surface area (Å²) < 4.78 is 0. The molecule has 0 aromatic heterocycles. The fraction of sp³-hybridized carbons (Fsp3) is 0.667. The second kappa shape index (κ2) is 6.99. The van der Waals surface area contributed by atoms with Gasteiger partial charge in [-0.2, -0.15) is 0 Å². The molecule has 1 heterocycles. The maximum atomic E-state index is 11.5. The van der Waals surface area contributed by atoms with Gasteiger partial charge in [-0.25, -0.2) is 0 Å². The van der Waals surface area contributed by atoms with Gasteiger partial charge in [0.2, 0.25) is 5.91 Å². The van der Waals surface area contributed by atoms with E-state index in [0.717, 1.165) is 30.6 Å². The number of benzene rings is 1. The molecule has 0 saturated carbocycles. The van der Waals surface area contributed by atoms with Crippen molar-refractivity contribution in [3.05, 3.63) is 28.8 Å². The van der Waals surface area contributed by atoms with E-state index in [-0.39, 0.29) is 16.7 Å². The van der Waals surface area contributed by atoms with E-state index >= 15 is 0 Å². The summed E-state index contributed by atoms with van der Waals surface area (Å²) in [5.74, 6) is 0.534. The SMILES string of the molecule is CC(=O)N1CC[C@H](NCc2cc(C(C)(C)C)cc(C(C)(C)C)c2O)C1. The zero-order chi connectivity index (χ0) is 19.0. The summed E-state index contributed by atoms with van der Waals surface area (Å²) in [7, 11) is 0. The minimum absolute atomic E-state index is 0.0290. The van der Waals surface area contributed by atoms with Gasteiger partial charge in [-0.15, -0.1) is 0 Å². The minimum atomic E-state index is -0.112. The number of carbonyl (C=O) groups excluding carboxylic acids is 1. The Morgan fingerprint density at radius 3 is 2.32 bits per heavy atom. The fourth-order valence-corrected chi connectivity index (χ4v) is 3.30. The third-order valence-electron chi connectivity index (χ3n) is 5.08. The number of aromatic hydroxyl groups is 1. The number of likely N-dealkylation sites (tertiary alicyclic amines) is 1. The molecular weight excluding hydrogens is 312 g/mol. The third-order valence-corrected chi connectivity index (χ3v) is 5.08. The highest BCUT2D eigenvalue weighted by molar-refractivity contribution is 5.73. The molecule has 0 spiro atoms. The summed E-state index contributed by atoms with van der Waals surface area (Å²) in [5.41, 5.74) is 3.09. The van der Waals surface area contributed by atoms with Crippen LogP contribution in [0.2, 0.25) is 0 Å². The van der Waals surface area contributed by atoms with Gasteiger partial charge in [0.1, 0.15) is 5.75 Å². The fourth-order valence-electron chi connectivity index (χ4n) is 3.30. The van der Waals surface area contributed by atoms with E-state index in [2.05, 4.69) is 59.0 Å². The third kappa shape index (κ3) is 4.75. The Morgan fingerprint density at radius 1 is 1.20 bits per heavy atom. The van der Waals surface area contributed by atoms with Crippen molar-refractivity contribution in [1.29, 1.82) is 0 Å². The molecule has 1 amide bonds. The summed E-state index contributed by atoms with van der Waals surface area (Å²) in [5, 5.41) is 14.4. The van der Waals surface area contributed by atoms with Gasteiger partial charge in [-0.05, 0) is 28.4 Å². The van der Waals surface area contributed by atoms with Crippen LogP contribution < -0.4 is 5.32 Å². The van der Waals surface area contributed by atoms with Crippen LogP contribution >= 0.6 is 0 Å². The lowest BCUT2D eigenvalue weighted by Crippen LogP contribution is -2.34. The smallest absolute Gasteiger partial charge is 0.219 e. The molecule has 0 aliphatic carbocycles. The number of hydrogen-bond donors (Lipinski definition) is 2. The molecule has 1 aliphatic heterocycles. The number of nitrogens with one attached hydrogen (secondary N) is 1. The van der Waals surface area contributed by atoms with Gasteiger partial charge in [0.05, 0.1) is 0 Å². The average Bonchev–Trinajstić information content (AvgIpc) is 2.92. The maximum absolute atomic E-state index is 11.5. The molecule has 1 aliphatic rings. The molecule has 2 rings (SSSR count). The number of rotatable bonds is 3. The molecule has 1 aromatic rings. The number of hydrogen-bond acceptors (Lipinski definition) is 3. The highest BCUT2D eigenvalue weighted by Crippen LogP contribution is 2.37. The van der Waals surface area contributed by atoms with Crippen LogP contribution in [0.3, 0.4) is 0 Å². The maximum Gasteiger partial charge on any atom is 0.219 e. The largest absolute Gasteiger partial charge is 0.507 e. The van der Waals surface area contributed by atoms with E-state index < -0.39 is 0 Å². The number of nitrogens with zero attached hydrogens (tertiary/aromatic N) is 1. The minimum Gasteiger partial charge on any atom is -0.507 e. The molecule has 25 heavy (non-hydrogen) atoms. The molecule has 140 valence electrons. The van der Waals surface area contributed by atoms with Gasteiger partial charge in [0, 0.05) is 38.2 Å². The van der Waals surface area contributed by atoms with Crippen molar-refractivity contribution < 1.29 is 9.90 Å². The van der Waals surface area contributed by atoms with Crippen LogP contribution in [0.15, 0.2) is 12.1 Å². The standard InChI is InChI=1S/C21H34N2O2/c1-14(24)23-9-8-17(13-23)22-12-15-10-16(20(2,3)4)11-18(19(15)25)21(5,6)7/h10-11,17,22,25H,8-9,12-13H2,1-7H3/t17-/m0/s1. The van der Waals surface area contributed by atoms with Gasteiger partial charge >= 0.3 is 0 Å². The Morgan fingerprint density at radius 2 is 1.84 bits per heavy atom. The van der Waals surface area contributed by atoms with Gasteiger partial charge in [0.25, 0.3) is 0 Å². The van der Waals surface area contributed by atoms with E-state index in [1.54, 1.807) is 6.92 Å². The van der Waals surface area contributed by atoms with Crippen LogP contribution in [0.1, 0.15) is 71.6 Å². The first-order valence-electron chi connectivity index (χ1n) is 9.25. The molecule has 2 N–H and O–H groups in total. The lowest BCUT2D eigenvalue weighted by molar-refractivity contribution is -0.127. The van der Waals surface area contributed by atoms with Crippen molar-refractivity contribution in [3.8, 4) is 5.75 Å². The predicted molar refractivity (Wildman–Crippen MR) is 103 cm³/mol. The first-order valence-corrected chi connectivity index (χ1v) is 9.25. The van der Waals surface area contributed by atoms with E-state index in [1.807, 2.05) is 4.90 Å². The monoisotopic (exact) mass is 346 g/mol. The van der Waals surface area contributed by atoms with Gasteiger partial charge in [0.15, 0.2) is 0 Å². The second-order valence-electron chi connectivity index (χ2n) is 9.36. The summed E-state index contributed by atoms with van der Waals surface area (Å²) in [4.78, 5) is 13.4. The Balaban J connectivity index is 2.23. The normalized spacial score (nSPS) is 18.7. The van der Waals surface area contributed by atoms with E-state index in [9.17, 15) is 9.90 Å².